The smallest absolute Gasteiger partial charge is 0.00224 e. The van der Waals surface area contributed by atoms with E-state index in [9.17, 15) is 0 Å². The van der Waals surface area contributed by atoms with Crippen molar-refractivity contribution in [3.05, 3.63) is 0 Å². The van der Waals surface area contributed by atoms with Gasteiger partial charge < -0.3 is 15.1 Å². The van der Waals surface area contributed by atoms with E-state index < -0.39 is 0 Å². The van der Waals surface area contributed by atoms with Crippen molar-refractivity contribution in [3.8, 4) is 0 Å². The van der Waals surface area contributed by atoms with Gasteiger partial charge in [0.1, 0.15) is 0 Å². The van der Waals surface area contributed by atoms with Gasteiger partial charge in [0.2, 0.25) is 0 Å². The highest BCUT2D eigenvalue weighted by Gasteiger charge is 2.24. The van der Waals surface area contributed by atoms with E-state index in [0.717, 1.165) is 17.8 Å². The van der Waals surface area contributed by atoms with E-state index in [1.807, 2.05) is 0 Å². The van der Waals surface area contributed by atoms with E-state index in [-0.39, 0.29) is 0 Å². The number of nitrogens with zero attached hydrogens (tertiary/aromatic N) is 2. The zero-order chi connectivity index (χ0) is 14.4. The fourth-order valence-electron chi connectivity index (χ4n) is 3.73. The summed E-state index contributed by atoms with van der Waals surface area (Å²) in [6.07, 6.45) is 4.22. The molecular weight excluding hydrogens is 246 g/mol. The molecule has 2 atom stereocenters. The van der Waals surface area contributed by atoms with Crippen molar-refractivity contribution in [1.29, 1.82) is 0 Å². The molecular formula is C17H35N3. The number of hydrogen-bond donors (Lipinski definition) is 1. The molecule has 2 unspecified atom stereocenters. The summed E-state index contributed by atoms with van der Waals surface area (Å²) >= 11 is 0. The van der Waals surface area contributed by atoms with E-state index in [1.165, 1.54) is 71.6 Å². The molecule has 0 amide bonds. The van der Waals surface area contributed by atoms with Gasteiger partial charge in [-0.1, -0.05) is 20.8 Å². The zero-order valence-corrected chi connectivity index (χ0v) is 13.9. The number of hydrogen-bond acceptors (Lipinski definition) is 3. The first-order valence-corrected chi connectivity index (χ1v) is 8.79. The summed E-state index contributed by atoms with van der Waals surface area (Å²) in [7, 11) is 0. The van der Waals surface area contributed by atoms with Gasteiger partial charge in [0.15, 0.2) is 0 Å². The van der Waals surface area contributed by atoms with Crippen LogP contribution in [0.25, 0.3) is 0 Å². The first kappa shape index (κ1) is 16.3. The molecule has 2 aliphatic rings. The predicted octanol–water partition coefficient (Wildman–Crippen LogP) is 2.29. The van der Waals surface area contributed by atoms with Crippen molar-refractivity contribution in [2.24, 2.45) is 17.8 Å². The highest BCUT2D eigenvalue weighted by molar-refractivity contribution is 4.79. The van der Waals surface area contributed by atoms with E-state index in [1.54, 1.807) is 0 Å². The molecule has 0 radical (unpaired) electrons. The van der Waals surface area contributed by atoms with Crippen LogP contribution in [-0.4, -0.2) is 62.2 Å². The molecule has 0 bridgehead atoms. The van der Waals surface area contributed by atoms with Crippen LogP contribution in [0.5, 0.6) is 0 Å². The molecule has 3 nitrogen and oxygen atoms in total. The van der Waals surface area contributed by atoms with Crippen LogP contribution in [-0.2, 0) is 0 Å². The third-order valence-corrected chi connectivity index (χ3v) is 4.69. The SMILES string of the molecule is CC(C)CNCC1CCN(CC(C)CN2CCCC2)C1. The van der Waals surface area contributed by atoms with Gasteiger partial charge in [-0.3, -0.25) is 0 Å². The lowest BCUT2D eigenvalue weighted by Crippen LogP contribution is -2.34. The van der Waals surface area contributed by atoms with E-state index in [0.29, 0.717) is 0 Å². The maximum absolute atomic E-state index is 3.62. The molecule has 2 rings (SSSR count). The van der Waals surface area contributed by atoms with Crippen LogP contribution in [0.2, 0.25) is 0 Å². The molecule has 118 valence electrons. The largest absolute Gasteiger partial charge is 0.316 e. The predicted molar refractivity (Wildman–Crippen MR) is 87.1 cm³/mol. The standard InChI is InChI=1S/C17H35N3/c1-15(2)10-18-11-17-6-9-20(14-17)13-16(3)12-19-7-4-5-8-19/h15-18H,4-14H2,1-3H3. The Morgan fingerprint density at radius 2 is 1.70 bits per heavy atom. The third-order valence-electron chi connectivity index (χ3n) is 4.69. The van der Waals surface area contributed by atoms with Crippen molar-refractivity contribution in [2.45, 2.75) is 40.0 Å². The highest BCUT2D eigenvalue weighted by atomic mass is 15.2. The van der Waals surface area contributed by atoms with Crippen LogP contribution in [0.4, 0.5) is 0 Å². The highest BCUT2D eigenvalue weighted by Crippen LogP contribution is 2.18. The average Bonchev–Trinajstić information content (AvgIpc) is 3.01. The maximum atomic E-state index is 3.62. The molecule has 0 aromatic rings. The Morgan fingerprint density at radius 3 is 2.40 bits per heavy atom. The molecule has 20 heavy (non-hydrogen) atoms. The lowest BCUT2D eigenvalue weighted by atomic mass is 10.1. The number of nitrogens with one attached hydrogen (secondary N) is 1. The van der Waals surface area contributed by atoms with E-state index >= 15 is 0 Å². The van der Waals surface area contributed by atoms with Crippen molar-refractivity contribution >= 4 is 0 Å². The minimum absolute atomic E-state index is 0.771. The fourth-order valence-corrected chi connectivity index (χ4v) is 3.73. The lowest BCUT2D eigenvalue weighted by Gasteiger charge is -2.25. The molecule has 0 aliphatic carbocycles. The van der Waals surface area contributed by atoms with Gasteiger partial charge in [0, 0.05) is 19.6 Å². The molecule has 0 spiro atoms. The number of rotatable bonds is 8. The second kappa shape index (κ2) is 8.35. The Kier molecular flexibility index (Phi) is 6.79. The van der Waals surface area contributed by atoms with Crippen molar-refractivity contribution < 1.29 is 0 Å². The number of likely N-dealkylation sites (tertiary alicyclic amines) is 2. The normalized spacial score (nSPS) is 26.7. The summed E-state index contributed by atoms with van der Waals surface area (Å²) in [4.78, 5) is 5.35. The van der Waals surface area contributed by atoms with Gasteiger partial charge in [-0.05, 0) is 69.7 Å². The summed E-state index contributed by atoms with van der Waals surface area (Å²) in [5, 5.41) is 3.62. The van der Waals surface area contributed by atoms with E-state index in [2.05, 4.69) is 35.9 Å². The van der Waals surface area contributed by atoms with Crippen LogP contribution in [0.3, 0.4) is 0 Å². The van der Waals surface area contributed by atoms with Crippen molar-refractivity contribution in [1.82, 2.24) is 15.1 Å². The molecule has 2 saturated heterocycles. The molecule has 2 aliphatic heterocycles. The Balaban J connectivity index is 1.57. The Morgan fingerprint density at radius 1 is 1.00 bits per heavy atom. The monoisotopic (exact) mass is 281 g/mol. The molecule has 3 heteroatoms. The first-order valence-electron chi connectivity index (χ1n) is 8.79. The van der Waals surface area contributed by atoms with Gasteiger partial charge in [0.25, 0.3) is 0 Å². The van der Waals surface area contributed by atoms with Gasteiger partial charge in [-0.15, -0.1) is 0 Å². The molecule has 0 saturated carbocycles. The van der Waals surface area contributed by atoms with Crippen LogP contribution in [0.1, 0.15) is 40.0 Å². The summed E-state index contributed by atoms with van der Waals surface area (Å²) in [5.41, 5.74) is 0. The molecule has 2 fully saturated rings. The van der Waals surface area contributed by atoms with Gasteiger partial charge in [-0.25, -0.2) is 0 Å². The quantitative estimate of drug-likeness (QED) is 0.736. The van der Waals surface area contributed by atoms with Crippen molar-refractivity contribution in [2.75, 3.05) is 52.4 Å². The summed E-state index contributed by atoms with van der Waals surface area (Å²) in [5.74, 6) is 2.48. The van der Waals surface area contributed by atoms with Gasteiger partial charge in [-0.2, -0.15) is 0 Å². The van der Waals surface area contributed by atoms with Crippen LogP contribution in [0, 0.1) is 17.8 Å². The third kappa shape index (κ3) is 5.71. The van der Waals surface area contributed by atoms with Gasteiger partial charge in [0.05, 0.1) is 0 Å². The van der Waals surface area contributed by atoms with Crippen LogP contribution in [0.15, 0.2) is 0 Å². The second-order valence-corrected chi connectivity index (χ2v) is 7.58. The second-order valence-electron chi connectivity index (χ2n) is 7.58. The van der Waals surface area contributed by atoms with Crippen LogP contribution < -0.4 is 5.32 Å². The summed E-state index contributed by atoms with van der Waals surface area (Å²) in [6, 6.07) is 0. The minimum Gasteiger partial charge on any atom is -0.316 e. The Hall–Kier alpha value is -0.120. The zero-order valence-electron chi connectivity index (χ0n) is 13.9. The van der Waals surface area contributed by atoms with Crippen molar-refractivity contribution in [3.63, 3.8) is 0 Å². The molecule has 1 N–H and O–H groups in total. The summed E-state index contributed by atoms with van der Waals surface area (Å²) in [6.45, 7) is 17.3. The van der Waals surface area contributed by atoms with Crippen LogP contribution >= 0.6 is 0 Å². The minimum atomic E-state index is 0.771. The Bertz CT molecular complexity index is 261. The topological polar surface area (TPSA) is 18.5 Å². The molecule has 0 aromatic heterocycles. The maximum Gasteiger partial charge on any atom is 0.00224 e. The summed E-state index contributed by atoms with van der Waals surface area (Å²) < 4.78 is 0. The fraction of sp³-hybridized carbons (Fsp3) is 1.00. The first-order chi connectivity index (χ1) is 9.63. The molecule has 0 aromatic carbocycles. The average molecular weight is 281 g/mol. The van der Waals surface area contributed by atoms with E-state index in [4.69, 9.17) is 0 Å². The molecule has 2 heterocycles. The Labute approximate surface area is 126 Å². The lowest BCUT2D eigenvalue weighted by molar-refractivity contribution is 0.221. The van der Waals surface area contributed by atoms with Gasteiger partial charge >= 0.3 is 0 Å².